The van der Waals surface area contributed by atoms with Crippen LogP contribution in [0, 0.1) is 0 Å². The van der Waals surface area contributed by atoms with Crippen LogP contribution in [0.1, 0.15) is 18.0 Å². The van der Waals surface area contributed by atoms with E-state index in [0.717, 1.165) is 22.6 Å². The van der Waals surface area contributed by atoms with Gasteiger partial charge in [0.1, 0.15) is 5.75 Å². The summed E-state index contributed by atoms with van der Waals surface area (Å²) in [4.78, 5) is 14.8. The summed E-state index contributed by atoms with van der Waals surface area (Å²) in [7, 11) is 0. The summed E-state index contributed by atoms with van der Waals surface area (Å²) in [5.74, 6) is 1.15. The molecule has 2 rings (SSSR count). The number of rotatable bonds is 1. The minimum Gasteiger partial charge on any atom is -0.507 e. The molecule has 0 saturated carbocycles. The molecule has 0 fully saturated rings. The third-order valence-electron chi connectivity index (χ3n) is 2.23. The molecule has 0 aromatic heterocycles. The Labute approximate surface area is 85.9 Å². The van der Waals surface area contributed by atoms with Crippen molar-refractivity contribution in [1.82, 2.24) is 0 Å². The van der Waals surface area contributed by atoms with Gasteiger partial charge in [-0.05, 0) is 18.1 Å². The second-order valence-corrected chi connectivity index (χ2v) is 4.17. The van der Waals surface area contributed by atoms with E-state index in [1.807, 2.05) is 6.07 Å². The SMILES string of the molecule is O=C=NC1CCSc2c(O)cccc21. The number of isocyanates is 1. The number of phenols is 1. The molecular weight excluding hydrogens is 198 g/mol. The normalized spacial score (nSPS) is 19.6. The van der Waals surface area contributed by atoms with E-state index in [-0.39, 0.29) is 11.8 Å². The van der Waals surface area contributed by atoms with Crippen molar-refractivity contribution in [2.75, 3.05) is 5.75 Å². The molecule has 72 valence electrons. The summed E-state index contributed by atoms with van der Waals surface area (Å²) in [5, 5.41) is 9.58. The predicted octanol–water partition coefficient (Wildman–Crippen LogP) is 2.26. The predicted molar refractivity (Wildman–Crippen MR) is 54.3 cm³/mol. The van der Waals surface area contributed by atoms with Gasteiger partial charge in [-0.25, -0.2) is 4.79 Å². The van der Waals surface area contributed by atoms with Gasteiger partial charge in [-0.3, -0.25) is 0 Å². The van der Waals surface area contributed by atoms with E-state index in [2.05, 4.69) is 4.99 Å². The number of hydrogen-bond donors (Lipinski definition) is 1. The zero-order chi connectivity index (χ0) is 9.97. The Balaban J connectivity index is 2.49. The molecule has 0 amide bonds. The van der Waals surface area contributed by atoms with Crippen LogP contribution in [-0.4, -0.2) is 16.9 Å². The second kappa shape index (κ2) is 3.86. The minimum absolute atomic E-state index is 0.129. The minimum atomic E-state index is -0.129. The van der Waals surface area contributed by atoms with Gasteiger partial charge in [0.2, 0.25) is 6.08 Å². The first kappa shape index (κ1) is 9.31. The molecule has 0 aliphatic carbocycles. The largest absolute Gasteiger partial charge is 0.507 e. The van der Waals surface area contributed by atoms with Crippen LogP contribution in [-0.2, 0) is 4.79 Å². The number of hydrogen-bond acceptors (Lipinski definition) is 4. The van der Waals surface area contributed by atoms with Gasteiger partial charge in [-0.15, -0.1) is 11.8 Å². The van der Waals surface area contributed by atoms with Gasteiger partial charge >= 0.3 is 0 Å². The zero-order valence-electron chi connectivity index (χ0n) is 7.43. The maximum Gasteiger partial charge on any atom is 0.235 e. The van der Waals surface area contributed by atoms with Crippen LogP contribution < -0.4 is 0 Å². The van der Waals surface area contributed by atoms with Crippen LogP contribution in [0.4, 0.5) is 0 Å². The summed E-state index contributed by atoms with van der Waals surface area (Å²) in [6, 6.07) is 5.19. The summed E-state index contributed by atoms with van der Waals surface area (Å²) >= 11 is 1.61. The molecule has 0 bridgehead atoms. The summed E-state index contributed by atoms with van der Waals surface area (Å²) in [5.41, 5.74) is 0.935. The van der Waals surface area contributed by atoms with Gasteiger partial charge in [0, 0.05) is 5.75 Å². The number of fused-ring (bicyclic) bond motifs is 1. The van der Waals surface area contributed by atoms with Gasteiger partial charge in [-0.2, -0.15) is 4.99 Å². The van der Waals surface area contributed by atoms with Crippen LogP contribution in [0.3, 0.4) is 0 Å². The second-order valence-electron chi connectivity index (χ2n) is 3.07. The third-order valence-corrected chi connectivity index (χ3v) is 3.40. The van der Waals surface area contributed by atoms with Crippen molar-refractivity contribution in [2.45, 2.75) is 17.4 Å². The molecule has 14 heavy (non-hydrogen) atoms. The highest BCUT2D eigenvalue weighted by Gasteiger charge is 2.22. The summed E-state index contributed by atoms with van der Waals surface area (Å²) < 4.78 is 0. The number of benzene rings is 1. The Bertz CT molecular complexity index is 399. The van der Waals surface area contributed by atoms with Gasteiger partial charge in [0.05, 0.1) is 10.9 Å². The van der Waals surface area contributed by atoms with E-state index in [0.29, 0.717) is 0 Å². The van der Waals surface area contributed by atoms with Crippen molar-refractivity contribution in [3.05, 3.63) is 23.8 Å². The molecule has 1 aromatic carbocycles. The fraction of sp³-hybridized carbons (Fsp3) is 0.300. The fourth-order valence-corrected chi connectivity index (χ4v) is 2.72. The Morgan fingerprint density at radius 3 is 3.21 bits per heavy atom. The summed E-state index contributed by atoms with van der Waals surface area (Å²) in [6.07, 6.45) is 2.41. The van der Waals surface area contributed by atoms with Gasteiger partial charge in [0.25, 0.3) is 0 Å². The molecule has 3 nitrogen and oxygen atoms in total. The molecule has 0 radical (unpaired) electrons. The van der Waals surface area contributed by atoms with Crippen molar-refractivity contribution in [2.24, 2.45) is 4.99 Å². The Morgan fingerprint density at radius 1 is 1.57 bits per heavy atom. The lowest BCUT2D eigenvalue weighted by atomic mass is 10.0. The topological polar surface area (TPSA) is 49.7 Å². The molecule has 1 aliphatic rings. The van der Waals surface area contributed by atoms with Gasteiger partial charge in [-0.1, -0.05) is 12.1 Å². The first-order chi connectivity index (χ1) is 6.83. The number of nitrogens with zero attached hydrogens (tertiary/aromatic N) is 1. The highest BCUT2D eigenvalue weighted by molar-refractivity contribution is 7.99. The average Bonchev–Trinajstić information content (AvgIpc) is 2.20. The number of phenolic OH excluding ortho intramolecular Hbond substituents is 1. The highest BCUT2D eigenvalue weighted by atomic mass is 32.2. The van der Waals surface area contributed by atoms with Crippen molar-refractivity contribution in [1.29, 1.82) is 0 Å². The molecule has 1 aromatic rings. The lowest BCUT2D eigenvalue weighted by molar-refractivity contribution is 0.457. The standard InChI is InChI=1S/C10H9NO2S/c12-6-11-8-4-5-14-10-7(8)2-1-3-9(10)13/h1-3,8,13H,4-5H2. The van der Waals surface area contributed by atoms with Crippen LogP contribution in [0.2, 0.25) is 0 Å². The molecule has 1 heterocycles. The van der Waals surface area contributed by atoms with Crippen molar-refractivity contribution in [3.63, 3.8) is 0 Å². The first-order valence-electron chi connectivity index (χ1n) is 4.34. The van der Waals surface area contributed by atoms with E-state index < -0.39 is 0 Å². The van der Waals surface area contributed by atoms with Crippen molar-refractivity contribution in [3.8, 4) is 5.75 Å². The van der Waals surface area contributed by atoms with E-state index in [1.54, 1.807) is 30.0 Å². The third kappa shape index (κ3) is 1.54. The maximum atomic E-state index is 10.2. The molecular formula is C10H9NO2S. The van der Waals surface area contributed by atoms with Crippen LogP contribution >= 0.6 is 11.8 Å². The number of thioether (sulfide) groups is 1. The van der Waals surface area contributed by atoms with Crippen molar-refractivity contribution < 1.29 is 9.90 Å². The van der Waals surface area contributed by atoms with Crippen LogP contribution in [0.5, 0.6) is 5.75 Å². The molecule has 1 N–H and O–H groups in total. The summed E-state index contributed by atoms with van der Waals surface area (Å²) in [6.45, 7) is 0. The van der Waals surface area contributed by atoms with Gasteiger partial charge in [0.15, 0.2) is 0 Å². The van der Waals surface area contributed by atoms with Crippen molar-refractivity contribution >= 4 is 17.8 Å². The van der Waals surface area contributed by atoms with E-state index in [1.165, 1.54) is 0 Å². The highest BCUT2D eigenvalue weighted by Crippen LogP contribution is 2.42. The number of carbonyl (C=O) groups excluding carboxylic acids is 1. The van der Waals surface area contributed by atoms with Crippen LogP contribution in [0.25, 0.3) is 0 Å². The quantitative estimate of drug-likeness (QED) is 0.567. The Morgan fingerprint density at radius 2 is 2.43 bits per heavy atom. The first-order valence-corrected chi connectivity index (χ1v) is 5.33. The van der Waals surface area contributed by atoms with E-state index in [9.17, 15) is 9.90 Å². The lowest BCUT2D eigenvalue weighted by Crippen LogP contribution is -2.04. The molecule has 1 atom stereocenters. The molecule has 1 aliphatic heterocycles. The van der Waals surface area contributed by atoms with E-state index >= 15 is 0 Å². The van der Waals surface area contributed by atoms with E-state index in [4.69, 9.17) is 0 Å². The van der Waals surface area contributed by atoms with Gasteiger partial charge < -0.3 is 5.11 Å². The molecule has 4 heteroatoms. The Kier molecular flexibility index (Phi) is 2.57. The Hall–Kier alpha value is -1.25. The number of aliphatic imine (C=N–C) groups is 1. The maximum absolute atomic E-state index is 10.2. The fourth-order valence-electron chi connectivity index (χ4n) is 1.59. The monoisotopic (exact) mass is 207 g/mol. The molecule has 1 unspecified atom stereocenters. The van der Waals surface area contributed by atoms with Crippen LogP contribution in [0.15, 0.2) is 28.1 Å². The smallest absolute Gasteiger partial charge is 0.235 e. The molecule has 0 saturated heterocycles. The molecule has 0 spiro atoms. The zero-order valence-corrected chi connectivity index (χ0v) is 8.25. The average molecular weight is 207 g/mol. The lowest BCUT2D eigenvalue weighted by Gasteiger charge is -2.21. The number of aromatic hydroxyl groups is 1.